The van der Waals surface area contributed by atoms with Crippen molar-refractivity contribution in [2.75, 3.05) is 0 Å². The minimum Gasteiger partial charge on any atom is -0.247 e. The highest BCUT2D eigenvalue weighted by Crippen LogP contribution is 2.44. The van der Waals surface area contributed by atoms with Crippen LogP contribution in [-0.2, 0) is 5.88 Å². The first-order valence-electron chi connectivity index (χ1n) is 5.33. The summed E-state index contributed by atoms with van der Waals surface area (Å²) >= 11 is 11.9. The van der Waals surface area contributed by atoms with E-state index in [2.05, 4.69) is 29.9 Å². The van der Waals surface area contributed by atoms with Gasteiger partial charge in [0.25, 0.3) is 0 Å². The molecule has 0 saturated carbocycles. The number of aromatic nitrogens is 2. The second-order valence-corrected chi connectivity index (χ2v) is 5.30. The van der Waals surface area contributed by atoms with Crippen LogP contribution in [0.15, 0.2) is 12.3 Å². The van der Waals surface area contributed by atoms with E-state index in [0.29, 0.717) is 11.0 Å². The van der Waals surface area contributed by atoms with E-state index in [9.17, 15) is 0 Å². The number of hydrogen-bond donors (Lipinski definition) is 0. The molecule has 0 unspecified atom stereocenters. The summed E-state index contributed by atoms with van der Waals surface area (Å²) in [5.74, 6) is 0.366. The van der Waals surface area contributed by atoms with E-state index >= 15 is 0 Å². The molecule has 0 radical (unpaired) electrons. The topological polar surface area (TPSA) is 25.8 Å². The Balaban J connectivity index is 2.47. The van der Waals surface area contributed by atoms with E-state index in [1.807, 2.05) is 0 Å². The fourth-order valence-corrected chi connectivity index (χ4v) is 2.37. The predicted octanol–water partition coefficient (Wildman–Crippen LogP) is 4.07. The van der Waals surface area contributed by atoms with Crippen LogP contribution in [0.2, 0.25) is 5.15 Å². The average Bonchev–Trinajstić information content (AvgIpc) is 2.59. The van der Waals surface area contributed by atoms with E-state index in [0.717, 1.165) is 24.2 Å². The normalized spacial score (nSPS) is 18.6. The lowest BCUT2D eigenvalue weighted by atomic mass is 9.84. The largest absolute Gasteiger partial charge is 0.247 e. The van der Waals surface area contributed by atoms with Crippen molar-refractivity contribution in [3.63, 3.8) is 0 Å². The highest BCUT2D eigenvalue weighted by molar-refractivity contribution is 6.31. The average molecular weight is 257 g/mol. The van der Waals surface area contributed by atoms with Gasteiger partial charge < -0.3 is 0 Å². The van der Waals surface area contributed by atoms with Gasteiger partial charge in [0.1, 0.15) is 5.69 Å². The zero-order valence-corrected chi connectivity index (χ0v) is 10.9. The van der Waals surface area contributed by atoms with Gasteiger partial charge >= 0.3 is 0 Å². The first kappa shape index (κ1) is 11.9. The maximum Gasteiger partial charge on any atom is 0.154 e. The van der Waals surface area contributed by atoms with Crippen molar-refractivity contribution >= 4 is 28.8 Å². The summed E-state index contributed by atoms with van der Waals surface area (Å²) in [5.41, 5.74) is 2.88. The van der Waals surface area contributed by atoms with Crippen LogP contribution in [0.1, 0.15) is 38.1 Å². The maximum absolute atomic E-state index is 6.10. The molecule has 0 fully saturated rings. The van der Waals surface area contributed by atoms with Crippen molar-refractivity contribution in [2.45, 2.75) is 32.6 Å². The highest BCUT2D eigenvalue weighted by atomic mass is 35.5. The Morgan fingerprint density at radius 1 is 1.44 bits per heavy atom. The van der Waals surface area contributed by atoms with Crippen molar-refractivity contribution in [2.24, 2.45) is 5.41 Å². The molecule has 1 aromatic rings. The molecule has 0 N–H and O–H groups in total. The molecular formula is C12H14Cl2N2. The first-order chi connectivity index (χ1) is 7.54. The molecule has 86 valence electrons. The van der Waals surface area contributed by atoms with Gasteiger partial charge in [-0.05, 0) is 23.8 Å². The fraction of sp³-hybridized carbons (Fsp3) is 0.500. The molecule has 16 heavy (non-hydrogen) atoms. The summed E-state index contributed by atoms with van der Waals surface area (Å²) in [6.45, 7) is 4.41. The summed E-state index contributed by atoms with van der Waals surface area (Å²) < 4.78 is 0. The Morgan fingerprint density at radius 3 is 2.75 bits per heavy atom. The van der Waals surface area contributed by atoms with Crippen molar-refractivity contribution in [3.05, 3.63) is 28.8 Å². The zero-order valence-electron chi connectivity index (χ0n) is 9.43. The molecule has 0 spiro atoms. The van der Waals surface area contributed by atoms with Crippen molar-refractivity contribution in [3.8, 4) is 0 Å². The Labute approximate surface area is 106 Å². The molecule has 1 aliphatic rings. The molecule has 0 bridgehead atoms. The third kappa shape index (κ3) is 2.09. The number of rotatable bonds is 2. The van der Waals surface area contributed by atoms with Crippen LogP contribution in [0.5, 0.6) is 0 Å². The summed E-state index contributed by atoms with van der Waals surface area (Å²) in [6, 6.07) is 0. The lowest BCUT2D eigenvalue weighted by Crippen LogP contribution is -2.11. The molecule has 1 heterocycles. The second-order valence-electron chi connectivity index (χ2n) is 4.67. The van der Waals surface area contributed by atoms with E-state index in [4.69, 9.17) is 23.2 Å². The van der Waals surface area contributed by atoms with E-state index in [1.165, 1.54) is 5.57 Å². The number of halogens is 2. The smallest absolute Gasteiger partial charge is 0.154 e. The van der Waals surface area contributed by atoms with E-state index in [1.54, 1.807) is 6.20 Å². The molecule has 0 aliphatic heterocycles. The van der Waals surface area contributed by atoms with Gasteiger partial charge in [0.15, 0.2) is 5.15 Å². The van der Waals surface area contributed by atoms with Crippen LogP contribution in [0, 0.1) is 5.41 Å². The lowest BCUT2D eigenvalue weighted by Gasteiger charge is -2.22. The molecule has 1 aromatic heterocycles. The monoisotopic (exact) mass is 256 g/mol. The van der Waals surface area contributed by atoms with Crippen LogP contribution in [0.4, 0.5) is 0 Å². The minimum atomic E-state index is 0.128. The van der Waals surface area contributed by atoms with Crippen LogP contribution in [0.3, 0.4) is 0 Å². The Hall–Kier alpha value is -0.600. The van der Waals surface area contributed by atoms with Crippen LogP contribution >= 0.6 is 23.2 Å². The zero-order chi connectivity index (χ0) is 11.8. The van der Waals surface area contributed by atoms with Gasteiger partial charge in [-0.2, -0.15) is 0 Å². The SMILES string of the molecule is CC1(C)CCC=C1c1nc(CCl)cnc1Cl. The van der Waals surface area contributed by atoms with Gasteiger partial charge in [0.2, 0.25) is 0 Å². The summed E-state index contributed by atoms with van der Waals surface area (Å²) in [5, 5.41) is 0.468. The molecular weight excluding hydrogens is 243 g/mol. The van der Waals surface area contributed by atoms with Gasteiger partial charge in [0, 0.05) is 0 Å². The number of allylic oxidation sites excluding steroid dienone is 2. The molecule has 0 aromatic carbocycles. The quantitative estimate of drug-likeness (QED) is 0.746. The van der Waals surface area contributed by atoms with Gasteiger partial charge in [0.05, 0.1) is 17.8 Å². The minimum absolute atomic E-state index is 0.128. The van der Waals surface area contributed by atoms with Crippen LogP contribution < -0.4 is 0 Å². The number of alkyl halides is 1. The van der Waals surface area contributed by atoms with Gasteiger partial charge in [-0.3, -0.25) is 0 Å². The van der Waals surface area contributed by atoms with Crippen molar-refractivity contribution in [1.29, 1.82) is 0 Å². The Kier molecular flexibility index (Phi) is 3.22. The van der Waals surface area contributed by atoms with Crippen LogP contribution in [-0.4, -0.2) is 9.97 Å². The third-order valence-electron chi connectivity index (χ3n) is 3.02. The van der Waals surface area contributed by atoms with E-state index in [-0.39, 0.29) is 5.41 Å². The number of nitrogens with zero attached hydrogens (tertiary/aromatic N) is 2. The molecule has 0 saturated heterocycles. The van der Waals surface area contributed by atoms with Gasteiger partial charge in [-0.15, -0.1) is 11.6 Å². The maximum atomic E-state index is 6.10. The molecule has 2 rings (SSSR count). The predicted molar refractivity (Wildman–Crippen MR) is 67.6 cm³/mol. The van der Waals surface area contributed by atoms with E-state index < -0.39 is 0 Å². The number of hydrogen-bond acceptors (Lipinski definition) is 2. The lowest BCUT2D eigenvalue weighted by molar-refractivity contribution is 0.485. The molecule has 4 heteroatoms. The van der Waals surface area contributed by atoms with Gasteiger partial charge in [-0.1, -0.05) is 31.5 Å². The van der Waals surface area contributed by atoms with Crippen molar-refractivity contribution in [1.82, 2.24) is 9.97 Å². The molecule has 0 amide bonds. The Bertz CT molecular complexity index is 439. The van der Waals surface area contributed by atoms with Gasteiger partial charge in [-0.25, -0.2) is 9.97 Å². The first-order valence-corrected chi connectivity index (χ1v) is 6.24. The van der Waals surface area contributed by atoms with Crippen LogP contribution in [0.25, 0.3) is 5.57 Å². The molecule has 0 atom stereocenters. The molecule has 1 aliphatic carbocycles. The third-order valence-corrected chi connectivity index (χ3v) is 3.57. The standard InChI is InChI=1S/C12H14Cl2N2/c1-12(2)5-3-4-9(12)10-11(14)15-7-8(6-13)16-10/h4,7H,3,5-6H2,1-2H3. The summed E-state index contributed by atoms with van der Waals surface area (Å²) in [4.78, 5) is 8.61. The Morgan fingerprint density at radius 2 is 2.19 bits per heavy atom. The highest BCUT2D eigenvalue weighted by Gasteiger charge is 2.30. The summed E-state index contributed by atoms with van der Waals surface area (Å²) in [6.07, 6.45) is 6.03. The van der Waals surface area contributed by atoms with Crippen molar-refractivity contribution < 1.29 is 0 Å². The fourth-order valence-electron chi connectivity index (χ4n) is 2.05. The molecule has 2 nitrogen and oxygen atoms in total. The second kappa shape index (κ2) is 4.34. The summed E-state index contributed by atoms with van der Waals surface area (Å²) in [7, 11) is 0.